The van der Waals surface area contributed by atoms with Gasteiger partial charge < -0.3 is 5.73 Å². The number of hydrogen-bond acceptors (Lipinski definition) is 3. The van der Waals surface area contributed by atoms with Crippen molar-refractivity contribution in [2.75, 3.05) is 10.5 Å². The van der Waals surface area contributed by atoms with Gasteiger partial charge in [0.25, 0.3) is 10.0 Å². The number of nitrogens with one attached hydrogen (secondary N) is 1. The van der Waals surface area contributed by atoms with E-state index < -0.39 is 10.0 Å². The first kappa shape index (κ1) is 16.3. The minimum Gasteiger partial charge on any atom is -0.399 e. The summed E-state index contributed by atoms with van der Waals surface area (Å²) in [6.45, 7) is 3.46. The third-order valence-electron chi connectivity index (χ3n) is 2.93. The number of sulfonamides is 1. The van der Waals surface area contributed by atoms with Gasteiger partial charge in [-0.3, -0.25) is 4.72 Å². The molecule has 2 aromatic rings. The lowest BCUT2D eigenvalue weighted by Gasteiger charge is -2.14. The average Bonchev–Trinajstić information content (AvgIpc) is 2.30. The second-order valence-electron chi connectivity index (χ2n) is 4.71. The minimum atomic E-state index is -3.68. The first-order valence-corrected chi connectivity index (χ1v) is 9.12. The molecule has 0 fully saturated rings. The van der Waals surface area contributed by atoms with E-state index in [0.29, 0.717) is 27.0 Å². The zero-order valence-electron chi connectivity index (χ0n) is 11.4. The lowest BCUT2D eigenvalue weighted by Crippen LogP contribution is -2.16. The van der Waals surface area contributed by atoms with Crippen molar-refractivity contribution in [1.82, 2.24) is 0 Å². The zero-order valence-corrected chi connectivity index (χ0v) is 15.4. The SMILES string of the molecule is Cc1cc(N)cc(C)c1S(=O)(=O)Nc1ccc(Br)cc1Br. The van der Waals surface area contributed by atoms with Crippen LogP contribution in [0.2, 0.25) is 0 Å². The molecule has 3 N–H and O–H groups in total. The normalized spacial score (nSPS) is 11.4. The molecule has 0 aliphatic rings. The van der Waals surface area contributed by atoms with Crippen molar-refractivity contribution in [1.29, 1.82) is 0 Å². The number of benzene rings is 2. The average molecular weight is 434 g/mol. The molecular weight excluding hydrogens is 420 g/mol. The van der Waals surface area contributed by atoms with E-state index in [9.17, 15) is 8.42 Å². The Balaban J connectivity index is 2.48. The van der Waals surface area contributed by atoms with E-state index in [1.54, 1.807) is 44.2 Å². The first-order valence-electron chi connectivity index (χ1n) is 6.05. The fraction of sp³-hybridized carbons (Fsp3) is 0.143. The van der Waals surface area contributed by atoms with Crippen molar-refractivity contribution in [3.05, 3.63) is 50.4 Å². The molecule has 0 heterocycles. The van der Waals surface area contributed by atoms with Crippen LogP contribution in [0.5, 0.6) is 0 Å². The van der Waals surface area contributed by atoms with E-state index in [1.807, 2.05) is 0 Å². The quantitative estimate of drug-likeness (QED) is 0.712. The summed E-state index contributed by atoms with van der Waals surface area (Å²) in [6, 6.07) is 8.54. The van der Waals surface area contributed by atoms with E-state index in [4.69, 9.17) is 5.73 Å². The van der Waals surface area contributed by atoms with Crippen molar-refractivity contribution in [3.8, 4) is 0 Å². The molecule has 0 saturated carbocycles. The molecule has 112 valence electrons. The van der Waals surface area contributed by atoms with Gasteiger partial charge >= 0.3 is 0 Å². The summed E-state index contributed by atoms with van der Waals surface area (Å²) in [7, 11) is -3.68. The Morgan fingerprint density at radius 2 is 1.62 bits per heavy atom. The van der Waals surface area contributed by atoms with E-state index in [1.165, 1.54) is 0 Å². The maximum atomic E-state index is 12.6. The molecule has 0 aliphatic carbocycles. The molecule has 2 rings (SSSR count). The predicted molar refractivity (Wildman–Crippen MR) is 93.0 cm³/mol. The van der Waals surface area contributed by atoms with Crippen LogP contribution in [-0.2, 0) is 10.0 Å². The summed E-state index contributed by atoms with van der Waals surface area (Å²) >= 11 is 6.67. The predicted octanol–water partition coefficient (Wildman–Crippen LogP) is 4.21. The second kappa shape index (κ2) is 5.98. The highest BCUT2D eigenvalue weighted by Crippen LogP contribution is 2.30. The maximum absolute atomic E-state index is 12.6. The van der Waals surface area contributed by atoms with Crippen LogP contribution < -0.4 is 10.5 Å². The van der Waals surface area contributed by atoms with Crippen LogP contribution >= 0.6 is 31.9 Å². The topological polar surface area (TPSA) is 72.2 Å². The monoisotopic (exact) mass is 432 g/mol. The van der Waals surface area contributed by atoms with Crippen LogP contribution in [0.3, 0.4) is 0 Å². The lowest BCUT2D eigenvalue weighted by molar-refractivity contribution is 0.600. The molecule has 4 nitrogen and oxygen atoms in total. The molecule has 0 spiro atoms. The fourth-order valence-electron chi connectivity index (χ4n) is 2.18. The van der Waals surface area contributed by atoms with Gasteiger partial charge in [0.1, 0.15) is 0 Å². The van der Waals surface area contributed by atoms with Gasteiger partial charge in [-0.05, 0) is 71.2 Å². The van der Waals surface area contributed by atoms with Crippen LogP contribution in [0.1, 0.15) is 11.1 Å². The number of anilines is 2. The molecule has 0 radical (unpaired) electrons. The van der Waals surface area contributed by atoms with E-state index >= 15 is 0 Å². The minimum absolute atomic E-state index is 0.256. The summed E-state index contributed by atoms with van der Waals surface area (Å²) in [5, 5.41) is 0. The molecule has 0 aromatic heterocycles. The Hall–Kier alpha value is -1.05. The van der Waals surface area contributed by atoms with Crippen LogP contribution in [0, 0.1) is 13.8 Å². The number of aryl methyl sites for hydroxylation is 2. The van der Waals surface area contributed by atoms with Crippen LogP contribution in [0.15, 0.2) is 44.2 Å². The highest BCUT2D eigenvalue weighted by molar-refractivity contribution is 9.11. The number of rotatable bonds is 3. The van der Waals surface area contributed by atoms with E-state index in [2.05, 4.69) is 36.6 Å². The Morgan fingerprint density at radius 3 is 2.14 bits per heavy atom. The standard InChI is InChI=1S/C14H14Br2N2O2S/c1-8-5-11(17)6-9(2)14(8)21(19,20)18-13-4-3-10(15)7-12(13)16/h3-7,18H,17H2,1-2H3. The first-order chi connectivity index (χ1) is 9.70. The summed E-state index contributed by atoms with van der Waals surface area (Å²) < 4.78 is 29.3. The molecule has 0 unspecified atom stereocenters. The van der Waals surface area contributed by atoms with Crippen molar-refractivity contribution in [3.63, 3.8) is 0 Å². The van der Waals surface area contributed by atoms with Gasteiger partial charge in [-0.1, -0.05) is 15.9 Å². The van der Waals surface area contributed by atoms with Gasteiger partial charge in [-0.15, -0.1) is 0 Å². The molecule has 21 heavy (non-hydrogen) atoms. The highest BCUT2D eigenvalue weighted by atomic mass is 79.9. The summed E-state index contributed by atoms with van der Waals surface area (Å²) in [4.78, 5) is 0.256. The third kappa shape index (κ3) is 3.59. The molecule has 0 amide bonds. The van der Waals surface area contributed by atoms with Crippen LogP contribution in [0.25, 0.3) is 0 Å². The largest absolute Gasteiger partial charge is 0.399 e. The third-order valence-corrected chi connectivity index (χ3v) is 5.75. The molecule has 7 heteroatoms. The van der Waals surface area contributed by atoms with Gasteiger partial charge in [0.15, 0.2) is 0 Å². The number of nitrogen functional groups attached to an aromatic ring is 1. The van der Waals surface area contributed by atoms with Gasteiger partial charge in [0.05, 0.1) is 10.6 Å². The van der Waals surface area contributed by atoms with Crippen molar-refractivity contribution in [2.45, 2.75) is 18.7 Å². The Morgan fingerprint density at radius 1 is 1.05 bits per heavy atom. The zero-order chi connectivity index (χ0) is 15.8. The molecule has 0 aliphatic heterocycles. The Kier molecular flexibility index (Phi) is 4.65. The summed E-state index contributed by atoms with van der Waals surface area (Å²) in [5.41, 5.74) is 8.00. The van der Waals surface area contributed by atoms with Gasteiger partial charge in [-0.2, -0.15) is 0 Å². The maximum Gasteiger partial charge on any atom is 0.262 e. The number of nitrogens with two attached hydrogens (primary N) is 1. The molecule has 0 atom stereocenters. The second-order valence-corrected chi connectivity index (χ2v) is 8.10. The highest BCUT2D eigenvalue weighted by Gasteiger charge is 2.21. The van der Waals surface area contributed by atoms with Crippen LogP contribution in [0.4, 0.5) is 11.4 Å². The number of halogens is 2. The molecule has 2 aromatic carbocycles. The Labute approximate surface area is 141 Å². The Bertz CT molecular complexity index is 782. The van der Waals surface area contributed by atoms with Crippen molar-refractivity contribution >= 4 is 53.3 Å². The summed E-state index contributed by atoms with van der Waals surface area (Å²) in [6.07, 6.45) is 0. The summed E-state index contributed by atoms with van der Waals surface area (Å²) in [5.74, 6) is 0. The van der Waals surface area contributed by atoms with Crippen molar-refractivity contribution in [2.24, 2.45) is 0 Å². The molecule has 0 bridgehead atoms. The van der Waals surface area contributed by atoms with E-state index in [0.717, 1.165) is 4.47 Å². The fourth-order valence-corrected chi connectivity index (χ4v) is 4.99. The van der Waals surface area contributed by atoms with Crippen LogP contribution in [-0.4, -0.2) is 8.42 Å². The van der Waals surface area contributed by atoms with Gasteiger partial charge in [-0.25, -0.2) is 8.42 Å². The van der Waals surface area contributed by atoms with Gasteiger partial charge in [0.2, 0.25) is 0 Å². The van der Waals surface area contributed by atoms with E-state index in [-0.39, 0.29) is 4.90 Å². The lowest BCUT2D eigenvalue weighted by atomic mass is 10.1. The number of hydrogen-bond donors (Lipinski definition) is 2. The smallest absolute Gasteiger partial charge is 0.262 e. The van der Waals surface area contributed by atoms with Crippen molar-refractivity contribution < 1.29 is 8.42 Å². The molecule has 0 saturated heterocycles. The van der Waals surface area contributed by atoms with Gasteiger partial charge in [0, 0.05) is 14.6 Å². The molecular formula is C14H14Br2N2O2S.